The fraction of sp³-hybridized carbons (Fsp3) is 0.400. The van der Waals surface area contributed by atoms with Crippen LogP contribution in [0.5, 0.6) is 11.5 Å². The number of rotatable bonds is 9. The average molecular weight is 414 g/mol. The number of phenols is 1. The summed E-state index contributed by atoms with van der Waals surface area (Å²) in [7, 11) is 3.02. The minimum absolute atomic E-state index is 0.0301. The molecule has 3 rings (SSSR count). The van der Waals surface area contributed by atoms with E-state index < -0.39 is 11.2 Å². The molecule has 1 aromatic carbocycles. The molecule has 0 spiro atoms. The Morgan fingerprint density at radius 2 is 2.10 bits per heavy atom. The molecule has 30 heavy (non-hydrogen) atoms. The fourth-order valence-corrected chi connectivity index (χ4v) is 3.20. The number of nitrogens with zero attached hydrogens (tertiary/aromatic N) is 4. The summed E-state index contributed by atoms with van der Waals surface area (Å²) in [5.41, 5.74) is 2.87. The minimum atomic E-state index is -0.528. The molecule has 0 fully saturated rings. The van der Waals surface area contributed by atoms with Gasteiger partial charge < -0.3 is 14.4 Å². The number of aromatic nitrogens is 4. The summed E-state index contributed by atoms with van der Waals surface area (Å²) < 4.78 is 8.11. The number of fused-ring (bicyclic) bond motifs is 1. The molecule has 2 heterocycles. The summed E-state index contributed by atoms with van der Waals surface area (Å²) >= 11 is 0. The van der Waals surface area contributed by atoms with Crippen LogP contribution in [-0.2, 0) is 13.6 Å². The number of ether oxygens (including phenoxy) is 1. The second-order valence-corrected chi connectivity index (χ2v) is 6.91. The zero-order valence-corrected chi connectivity index (χ0v) is 17.3. The van der Waals surface area contributed by atoms with Gasteiger partial charge in [0.05, 0.1) is 13.3 Å². The molecule has 0 unspecified atom stereocenters. The summed E-state index contributed by atoms with van der Waals surface area (Å²) in [6.07, 6.45) is 5.50. The van der Waals surface area contributed by atoms with Gasteiger partial charge in [-0.3, -0.25) is 14.3 Å². The van der Waals surface area contributed by atoms with Gasteiger partial charge in [0.2, 0.25) is 5.95 Å². The van der Waals surface area contributed by atoms with E-state index in [1.54, 1.807) is 29.8 Å². The van der Waals surface area contributed by atoms with Crippen LogP contribution in [0.3, 0.4) is 0 Å². The zero-order chi connectivity index (χ0) is 21.7. The van der Waals surface area contributed by atoms with Crippen molar-refractivity contribution in [2.45, 2.75) is 39.2 Å². The Labute approximate surface area is 172 Å². The molecule has 0 aliphatic heterocycles. The van der Waals surface area contributed by atoms with Gasteiger partial charge in [-0.2, -0.15) is 10.1 Å². The second-order valence-electron chi connectivity index (χ2n) is 6.91. The number of phenolic OH excluding ortho intramolecular Hbond substituents is 1. The predicted octanol–water partition coefficient (Wildman–Crippen LogP) is 2.16. The highest BCUT2D eigenvalue weighted by atomic mass is 16.5. The topological polar surface area (TPSA) is 127 Å². The van der Waals surface area contributed by atoms with Crippen molar-refractivity contribution in [3.63, 3.8) is 0 Å². The summed E-state index contributed by atoms with van der Waals surface area (Å²) in [5.74, 6) is 0.646. The van der Waals surface area contributed by atoms with Crippen LogP contribution in [0.25, 0.3) is 11.2 Å². The van der Waals surface area contributed by atoms with E-state index in [4.69, 9.17) is 4.74 Å². The molecule has 0 aliphatic carbocycles. The van der Waals surface area contributed by atoms with Crippen LogP contribution in [0.4, 0.5) is 5.95 Å². The highest BCUT2D eigenvalue weighted by molar-refractivity contribution is 5.85. The maximum absolute atomic E-state index is 12.4. The van der Waals surface area contributed by atoms with Gasteiger partial charge in [0.25, 0.3) is 5.56 Å². The summed E-state index contributed by atoms with van der Waals surface area (Å²) in [5, 5.41) is 14.3. The van der Waals surface area contributed by atoms with Crippen molar-refractivity contribution in [2.24, 2.45) is 12.1 Å². The van der Waals surface area contributed by atoms with E-state index in [9.17, 15) is 14.7 Å². The number of hydrogen-bond donors (Lipinski definition) is 3. The van der Waals surface area contributed by atoms with Gasteiger partial charge in [0.15, 0.2) is 22.7 Å². The van der Waals surface area contributed by atoms with E-state index in [-0.39, 0.29) is 11.4 Å². The van der Waals surface area contributed by atoms with Crippen LogP contribution in [0.1, 0.15) is 38.2 Å². The van der Waals surface area contributed by atoms with Gasteiger partial charge in [-0.1, -0.05) is 32.3 Å². The molecule has 0 atom stereocenters. The Morgan fingerprint density at radius 3 is 2.83 bits per heavy atom. The Hall–Kier alpha value is -3.56. The lowest BCUT2D eigenvalue weighted by molar-refractivity contribution is 0.373. The molecule has 160 valence electrons. The number of benzene rings is 1. The van der Waals surface area contributed by atoms with Crippen molar-refractivity contribution in [3.05, 3.63) is 44.6 Å². The van der Waals surface area contributed by atoms with Crippen LogP contribution in [0, 0.1) is 0 Å². The molecule has 0 amide bonds. The van der Waals surface area contributed by atoms with Crippen molar-refractivity contribution in [2.75, 3.05) is 12.5 Å². The smallest absolute Gasteiger partial charge is 0.329 e. The number of H-pyrrole nitrogens is 1. The molecule has 10 heteroatoms. The summed E-state index contributed by atoms with van der Waals surface area (Å²) in [6, 6.07) is 5.06. The van der Waals surface area contributed by atoms with Crippen molar-refractivity contribution < 1.29 is 9.84 Å². The van der Waals surface area contributed by atoms with Crippen LogP contribution < -0.4 is 21.4 Å². The maximum Gasteiger partial charge on any atom is 0.329 e. The van der Waals surface area contributed by atoms with Gasteiger partial charge in [0, 0.05) is 19.2 Å². The van der Waals surface area contributed by atoms with E-state index in [0.717, 1.165) is 25.7 Å². The number of methoxy groups -OCH3 is 1. The van der Waals surface area contributed by atoms with Crippen LogP contribution >= 0.6 is 0 Å². The monoisotopic (exact) mass is 414 g/mol. The Balaban J connectivity index is 1.96. The number of hydrogen-bond acceptors (Lipinski definition) is 7. The van der Waals surface area contributed by atoms with Crippen molar-refractivity contribution in [3.8, 4) is 11.5 Å². The van der Waals surface area contributed by atoms with E-state index in [2.05, 4.69) is 27.4 Å². The molecule has 10 nitrogen and oxygen atoms in total. The average Bonchev–Trinajstić information content (AvgIpc) is 3.10. The molecular weight excluding hydrogens is 388 g/mol. The largest absolute Gasteiger partial charge is 0.504 e. The summed E-state index contributed by atoms with van der Waals surface area (Å²) in [4.78, 5) is 31.1. The number of hydrazone groups is 1. The third kappa shape index (κ3) is 4.22. The lowest BCUT2D eigenvalue weighted by atomic mass is 10.2. The molecule has 0 saturated heterocycles. The molecule has 0 bridgehead atoms. The Bertz CT molecular complexity index is 1170. The normalized spacial score (nSPS) is 11.4. The number of aromatic amines is 1. The van der Waals surface area contributed by atoms with Gasteiger partial charge in [-0.25, -0.2) is 10.2 Å². The first-order valence-corrected chi connectivity index (χ1v) is 9.82. The van der Waals surface area contributed by atoms with Crippen LogP contribution in [-0.4, -0.2) is 37.5 Å². The lowest BCUT2D eigenvalue weighted by Crippen LogP contribution is -2.29. The Kier molecular flexibility index (Phi) is 6.55. The van der Waals surface area contributed by atoms with Gasteiger partial charge >= 0.3 is 5.69 Å². The van der Waals surface area contributed by atoms with Gasteiger partial charge in [-0.15, -0.1) is 0 Å². The third-order valence-electron chi connectivity index (χ3n) is 4.86. The Morgan fingerprint density at radius 1 is 1.30 bits per heavy atom. The van der Waals surface area contributed by atoms with Gasteiger partial charge in [-0.05, 0) is 18.6 Å². The van der Waals surface area contributed by atoms with Crippen molar-refractivity contribution in [1.82, 2.24) is 19.1 Å². The molecule has 3 N–H and O–H groups in total. The van der Waals surface area contributed by atoms with Gasteiger partial charge in [0.1, 0.15) is 0 Å². The van der Waals surface area contributed by atoms with E-state index in [1.807, 2.05) is 0 Å². The standard InChI is InChI=1S/C20H26N6O4/c1-4-5-6-7-11-26-15-17(25(2)20(29)23-18(15)28)22-19(26)24-21-12-13-9-8-10-14(30-3)16(13)27/h8-10,12,27H,4-7,11H2,1-3H3,(H,22,24)(H,23,28,29)/b21-12+. The molecular formula is C20H26N6O4. The summed E-state index contributed by atoms with van der Waals surface area (Å²) in [6.45, 7) is 2.68. The number of unbranched alkanes of at least 4 members (excludes halogenated alkanes) is 3. The number of anilines is 1. The SMILES string of the molecule is CCCCCCn1c(N/N=C/c2cccc(OC)c2O)nc2c1c(=O)[nH]c(=O)n2C. The number of nitrogens with one attached hydrogen (secondary N) is 2. The van der Waals surface area contributed by atoms with Crippen LogP contribution in [0.15, 0.2) is 32.9 Å². The first-order valence-electron chi connectivity index (χ1n) is 9.82. The second kappa shape index (κ2) is 9.29. The minimum Gasteiger partial charge on any atom is -0.504 e. The van der Waals surface area contributed by atoms with E-state index in [1.165, 1.54) is 17.9 Å². The highest BCUT2D eigenvalue weighted by Gasteiger charge is 2.17. The molecule has 0 saturated carbocycles. The first kappa shape index (κ1) is 21.2. The zero-order valence-electron chi connectivity index (χ0n) is 17.3. The van der Waals surface area contributed by atoms with Crippen molar-refractivity contribution >= 4 is 23.3 Å². The van der Waals surface area contributed by atoms with Crippen molar-refractivity contribution in [1.29, 1.82) is 0 Å². The maximum atomic E-state index is 12.4. The molecule has 2 aromatic heterocycles. The predicted molar refractivity (Wildman–Crippen MR) is 116 cm³/mol. The van der Waals surface area contributed by atoms with E-state index in [0.29, 0.717) is 29.3 Å². The lowest BCUT2D eigenvalue weighted by Gasteiger charge is -2.08. The molecule has 0 aliphatic rings. The number of aryl methyl sites for hydroxylation is 2. The fourth-order valence-electron chi connectivity index (χ4n) is 3.20. The molecule has 3 aromatic rings. The van der Waals surface area contributed by atoms with E-state index >= 15 is 0 Å². The number of imidazole rings is 1. The first-order chi connectivity index (χ1) is 14.5. The highest BCUT2D eigenvalue weighted by Crippen LogP contribution is 2.28. The molecule has 0 radical (unpaired) electrons. The number of aromatic hydroxyl groups is 1. The third-order valence-corrected chi connectivity index (χ3v) is 4.86. The quantitative estimate of drug-likeness (QED) is 0.280. The number of para-hydroxylation sites is 1. The van der Waals surface area contributed by atoms with Crippen LogP contribution in [0.2, 0.25) is 0 Å².